The highest BCUT2D eigenvalue weighted by Gasteiger charge is 2.23. The molecule has 2 aromatic carbocycles. The van der Waals surface area contributed by atoms with Gasteiger partial charge in [0, 0.05) is 29.8 Å². The zero-order valence-corrected chi connectivity index (χ0v) is 11.2. The number of nitrogens with one attached hydrogen (secondary N) is 1. The number of hydrogen-bond acceptors (Lipinski definition) is 3. The van der Waals surface area contributed by atoms with E-state index in [1.54, 1.807) is 12.1 Å². The summed E-state index contributed by atoms with van der Waals surface area (Å²) >= 11 is 0. The molecule has 0 radical (unpaired) electrons. The Labute approximate surface area is 117 Å². The van der Waals surface area contributed by atoms with Gasteiger partial charge in [-0.1, -0.05) is 18.2 Å². The summed E-state index contributed by atoms with van der Waals surface area (Å²) < 4.78 is 23.9. The topological polar surface area (TPSA) is 30.5 Å². The summed E-state index contributed by atoms with van der Waals surface area (Å²) in [6.45, 7) is 1.41. The lowest BCUT2D eigenvalue weighted by molar-refractivity contribution is 0.334. The van der Waals surface area contributed by atoms with Crippen molar-refractivity contribution in [2.75, 3.05) is 25.6 Å². The van der Waals surface area contributed by atoms with Crippen LogP contribution in [0.2, 0.25) is 0 Å². The molecule has 1 N–H and O–H groups in total. The summed E-state index contributed by atoms with van der Waals surface area (Å²) in [6, 6.07) is 12.8. The first-order valence-corrected chi connectivity index (χ1v) is 6.57. The van der Waals surface area contributed by atoms with Gasteiger partial charge in [0.05, 0.1) is 13.7 Å². The molecule has 0 bridgehead atoms. The second-order valence-corrected chi connectivity index (χ2v) is 4.78. The Hall–Kier alpha value is -2.23. The molecule has 0 aromatic heterocycles. The molecular weight excluding hydrogens is 257 g/mol. The van der Waals surface area contributed by atoms with E-state index in [2.05, 4.69) is 11.4 Å². The van der Waals surface area contributed by atoms with Gasteiger partial charge in [0.15, 0.2) is 11.6 Å². The summed E-state index contributed by atoms with van der Waals surface area (Å²) in [5, 5.41) is 3.30. The molecule has 1 atom stereocenters. The van der Waals surface area contributed by atoms with Gasteiger partial charge in [-0.3, -0.25) is 0 Å². The number of benzene rings is 2. The minimum atomic E-state index is -0.354. The van der Waals surface area contributed by atoms with Gasteiger partial charge in [-0.25, -0.2) is 4.39 Å². The molecule has 1 unspecified atom stereocenters. The lowest BCUT2D eigenvalue weighted by Crippen LogP contribution is -2.14. The van der Waals surface area contributed by atoms with E-state index < -0.39 is 0 Å². The highest BCUT2D eigenvalue weighted by Crippen LogP contribution is 2.33. The summed E-state index contributed by atoms with van der Waals surface area (Å²) in [6.07, 6.45) is 0. The second-order valence-electron chi connectivity index (χ2n) is 4.78. The Morgan fingerprint density at radius 2 is 2.15 bits per heavy atom. The van der Waals surface area contributed by atoms with Crippen molar-refractivity contribution in [1.29, 1.82) is 0 Å². The molecule has 0 fully saturated rings. The molecule has 4 heteroatoms. The maximum absolute atomic E-state index is 13.3. The third kappa shape index (κ3) is 2.41. The number of fused-ring (bicyclic) bond motifs is 1. The predicted octanol–water partition coefficient (Wildman–Crippen LogP) is 3.42. The molecule has 0 aliphatic carbocycles. The molecule has 3 nitrogen and oxygen atoms in total. The van der Waals surface area contributed by atoms with E-state index in [9.17, 15) is 4.39 Å². The highest BCUT2D eigenvalue weighted by molar-refractivity contribution is 5.50. The van der Waals surface area contributed by atoms with Crippen LogP contribution < -0.4 is 14.8 Å². The fourth-order valence-electron chi connectivity index (χ4n) is 2.41. The monoisotopic (exact) mass is 273 g/mol. The fraction of sp³-hybridized carbons (Fsp3) is 0.250. The second kappa shape index (κ2) is 5.41. The van der Waals surface area contributed by atoms with Gasteiger partial charge in [0.2, 0.25) is 0 Å². The summed E-state index contributed by atoms with van der Waals surface area (Å²) in [5.41, 5.74) is 2.06. The van der Waals surface area contributed by atoms with Crippen LogP contribution in [0.1, 0.15) is 11.5 Å². The van der Waals surface area contributed by atoms with Crippen molar-refractivity contribution in [3.63, 3.8) is 0 Å². The van der Waals surface area contributed by atoms with Gasteiger partial charge >= 0.3 is 0 Å². The standard InChI is InChI=1S/C16H16FNO2/c1-19-16-8-12(6-7-14(16)17)18-9-11-10-20-15-5-3-2-4-13(11)15/h2-8,11,18H,9-10H2,1H3. The number of ether oxygens (including phenoxy) is 2. The van der Waals surface area contributed by atoms with Crippen LogP contribution in [0.5, 0.6) is 11.5 Å². The first kappa shape index (κ1) is 12.8. The van der Waals surface area contributed by atoms with E-state index in [-0.39, 0.29) is 11.6 Å². The summed E-state index contributed by atoms with van der Waals surface area (Å²) in [5.74, 6) is 1.16. The van der Waals surface area contributed by atoms with Gasteiger partial charge < -0.3 is 14.8 Å². The van der Waals surface area contributed by atoms with Crippen molar-refractivity contribution < 1.29 is 13.9 Å². The van der Waals surface area contributed by atoms with Crippen LogP contribution in [0, 0.1) is 5.82 Å². The van der Waals surface area contributed by atoms with Crippen LogP contribution in [-0.2, 0) is 0 Å². The van der Waals surface area contributed by atoms with Crippen LogP contribution in [0.25, 0.3) is 0 Å². The largest absolute Gasteiger partial charge is 0.494 e. The molecule has 0 saturated heterocycles. The number of para-hydroxylation sites is 1. The Bertz CT molecular complexity index is 615. The number of rotatable bonds is 4. The SMILES string of the molecule is COc1cc(NCC2COc3ccccc32)ccc1F. The normalized spacial score (nSPS) is 16.4. The highest BCUT2D eigenvalue weighted by atomic mass is 19.1. The number of halogens is 1. The smallest absolute Gasteiger partial charge is 0.165 e. The van der Waals surface area contributed by atoms with E-state index in [0.717, 1.165) is 18.0 Å². The average Bonchev–Trinajstić information content (AvgIpc) is 2.90. The molecule has 0 amide bonds. The first-order valence-electron chi connectivity index (χ1n) is 6.57. The third-order valence-electron chi connectivity index (χ3n) is 3.50. The van der Waals surface area contributed by atoms with Crippen molar-refractivity contribution in [1.82, 2.24) is 0 Å². The number of hydrogen-bond donors (Lipinski definition) is 1. The molecule has 1 aliphatic rings. The Kier molecular flexibility index (Phi) is 3.46. The van der Waals surface area contributed by atoms with Crippen LogP contribution in [-0.4, -0.2) is 20.3 Å². The van der Waals surface area contributed by atoms with Crippen molar-refractivity contribution >= 4 is 5.69 Å². The molecule has 104 valence electrons. The van der Waals surface area contributed by atoms with Gasteiger partial charge in [-0.2, -0.15) is 0 Å². The maximum atomic E-state index is 13.3. The zero-order valence-electron chi connectivity index (χ0n) is 11.2. The van der Waals surface area contributed by atoms with E-state index >= 15 is 0 Å². The van der Waals surface area contributed by atoms with E-state index in [1.165, 1.54) is 18.7 Å². The third-order valence-corrected chi connectivity index (χ3v) is 3.50. The average molecular weight is 273 g/mol. The minimum absolute atomic E-state index is 0.248. The predicted molar refractivity (Wildman–Crippen MR) is 76.1 cm³/mol. The molecular formula is C16H16FNO2. The fourth-order valence-corrected chi connectivity index (χ4v) is 2.41. The molecule has 2 aromatic rings. The van der Waals surface area contributed by atoms with Crippen LogP contribution in [0.4, 0.5) is 10.1 Å². The molecule has 0 saturated carbocycles. The van der Waals surface area contributed by atoms with Gasteiger partial charge in [0.25, 0.3) is 0 Å². The lowest BCUT2D eigenvalue weighted by atomic mass is 10.0. The van der Waals surface area contributed by atoms with Gasteiger partial charge in [-0.05, 0) is 18.2 Å². The van der Waals surface area contributed by atoms with Crippen molar-refractivity contribution in [2.24, 2.45) is 0 Å². The number of methoxy groups -OCH3 is 1. The van der Waals surface area contributed by atoms with Crippen molar-refractivity contribution in [3.05, 3.63) is 53.8 Å². The van der Waals surface area contributed by atoms with E-state index in [4.69, 9.17) is 9.47 Å². The Morgan fingerprint density at radius 3 is 3.00 bits per heavy atom. The Morgan fingerprint density at radius 1 is 1.30 bits per heavy atom. The van der Waals surface area contributed by atoms with Crippen LogP contribution >= 0.6 is 0 Å². The van der Waals surface area contributed by atoms with Crippen LogP contribution in [0.15, 0.2) is 42.5 Å². The van der Waals surface area contributed by atoms with E-state index in [1.807, 2.05) is 18.2 Å². The molecule has 1 aliphatic heterocycles. The molecule has 20 heavy (non-hydrogen) atoms. The Balaban J connectivity index is 1.69. The summed E-state index contributed by atoms with van der Waals surface area (Å²) in [4.78, 5) is 0. The van der Waals surface area contributed by atoms with Gasteiger partial charge in [0.1, 0.15) is 5.75 Å². The number of anilines is 1. The summed E-state index contributed by atoms with van der Waals surface area (Å²) in [7, 11) is 1.46. The van der Waals surface area contributed by atoms with Crippen molar-refractivity contribution in [2.45, 2.75) is 5.92 Å². The lowest BCUT2D eigenvalue weighted by Gasteiger charge is -2.12. The molecule has 0 spiro atoms. The zero-order chi connectivity index (χ0) is 13.9. The quantitative estimate of drug-likeness (QED) is 0.926. The van der Waals surface area contributed by atoms with Gasteiger partial charge in [-0.15, -0.1) is 0 Å². The first-order chi connectivity index (χ1) is 9.78. The van der Waals surface area contributed by atoms with E-state index in [0.29, 0.717) is 12.5 Å². The molecule has 1 heterocycles. The van der Waals surface area contributed by atoms with Crippen molar-refractivity contribution in [3.8, 4) is 11.5 Å². The van der Waals surface area contributed by atoms with Crippen LogP contribution in [0.3, 0.4) is 0 Å². The minimum Gasteiger partial charge on any atom is -0.494 e. The molecule has 3 rings (SSSR count). The maximum Gasteiger partial charge on any atom is 0.165 e.